The van der Waals surface area contributed by atoms with E-state index in [1.165, 1.54) is 4.57 Å². The van der Waals surface area contributed by atoms with E-state index in [4.69, 9.17) is 0 Å². The van der Waals surface area contributed by atoms with Gasteiger partial charge in [-0.2, -0.15) is 0 Å². The number of hydrogen-bond acceptors (Lipinski definition) is 5. The summed E-state index contributed by atoms with van der Waals surface area (Å²) in [7, 11) is 0. The minimum atomic E-state index is -0.997. The van der Waals surface area contributed by atoms with Gasteiger partial charge in [0.1, 0.15) is 5.54 Å². The molecule has 34 heavy (non-hydrogen) atoms. The summed E-state index contributed by atoms with van der Waals surface area (Å²) in [5.41, 5.74) is -0.997. The van der Waals surface area contributed by atoms with Crippen molar-refractivity contribution >= 4 is 22.8 Å². The van der Waals surface area contributed by atoms with E-state index in [1.54, 1.807) is 6.07 Å². The Morgan fingerprint density at radius 1 is 1.15 bits per heavy atom. The van der Waals surface area contributed by atoms with Gasteiger partial charge >= 0.3 is 5.69 Å². The van der Waals surface area contributed by atoms with Gasteiger partial charge in [-0.25, -0.2) is 9.78 Å². The lowest BCUT2D eigenvalue weighted by atomic mass is 9.80. The number of amides is 2. The molecule has 2 amide bonds. The van der Waals surface area contributed by atoms with Gasteiger partial charge in [0.2, 0.25) is 5.91 Å². The second-order valence-electron chi connectivity index (χ2n) is 9.68. The van der Waals surface area contributed by atoms with E-state index in [1.807, 2.05) is 6.92 Å². The van der Waals surface area contributed by atoms with Crippen LogP contribution in [0.1, 0.15) is 100 Å². The topological polar surface area (TPSA) is 126 Å². The highest BCUT2D eigenvalue weighted by molar-refractivity contribution is 6.07. The Labute approximate surface area is 198 Å². The zero-order chi connectivity index (χ0) is 24.3. The van der Waals surface area contributed by atoms with Crippen molar-refractivity contribution in [3.63, 3.8) is 0 Å². The molecule has 0 aliphatic heterocycles. The summed E-state index contributed by atoms with van der Waals surface area (Å²) in [6, 6.07) is 1.68. The van der Waals surface area contributed by atoms with Crippen molar-refractivity contribution in [2.24, 2.45) is 0 Å². The Kier molecular flexibility index (Phi) is 7.19. The number of nitrogens with one attached hydrogen (secondary N) is 3. The number of unbranched alkanes of at least 4 members (excludes halogenated alkanes) is 1. The maximum absolute atomic E-state index is 13.7. The fourth-order valence-corrected chi connectivity index (χ4v) is 4.89. The number of rotatable bonds is 9. The van der Waals surface area contributed by atoms with Crippen molar-refractivity contribution in [3.8, 4) is 0 Å². The van der Waals surface area contributed by atoms with Crippen LogP contribution in [0.5, 0.6) is 0 Å². The molecule has 2 fully saturated rings. The lowest BCUT2D eigenvalue weighted by Crippen LogP contribution is -2.60. The standard InChI is InChI=1S/C25H35N5O4/c1-3-5-13-26-23(33)25(11-7-6-8-12-25)29-21(31)17-15-18(16-9-10-16)27-20-19(17)22(32)28-24(34)30(20)14-4-2/h15-16H,3-14H2,1-2H3,(H,26,33)(H,29,31)(H,28,32,34). The molecule has 9 heteroatoms. The lowest BCUT2D eigenvalue weighted by molar-refractivity contribution is -0.128. The van der Waals surface area contributed by atoms with E-state index in [0.29, 0.717) is 32.4 Å². The van der Waals surface area contributed by atoms with Gasteiger partial charge in [-0.1, -0.05) is 39.5 Å². The Hall–Kier alpha value is -2.97. The molecule has 2 heterocycles. The Morgan fingerprint density at radius 3 is 2.53 bits per heavy atom. The summed E-state index contributed by atoms with van der Waals surface area (Å²) in [4.78, 5) is 59.3. The van der Waals surface area contributed by atoms with Gasteiger partial charge in [0, 0.05) is 24.7 Å². The summed E-state index contributed by atoms with van der Waals surface area (Å²) in [6.07, 6.45) is 8.29. The van der Waals surface area contributed by atoms with Crippen LogP contribution in [0.25, 0.3) is 11.0 Å². The van der Waals surface area contributed by atoms with Crippen molar-refractivity contribution in [2.45, 2.75) is 96.1 Å². The van der Waals surface area contributed by atoms with Crippen molar-refractivity contribution in [1.82, 2.24) is 25.2 Å². The molecule has 2 aliphatic carbocycles. The molecule has 3 N–H and O–H groups in total. The molecule has 2 aromatic heterocycles. The molecule has 2 aromatic rings. The van der Waals surface area contributed by atoms with Crippen LogP contribution in [0, 0.1) is 0 Å². The summed E-state index contributed by atoms with van der Waals surface area (Å²) in [6.45, 7) is 4.95. The first-order valence-electron chi connectivity index (χ1n) is 12.7. The highest BCUT2D eigenvalue weighted by atomic mass is 16.2. The molecule has 2 aliphatic rings. The summed E-state index contributed by atoms with van der Waals surface area (Å²) in [5, 5.41) is 6.13. The molecule has 0 aromatic carbocycles. The number of aryl methyl sites for hydroxylation is 1. The molecule has 0 atom stereocenters. The van der Waals surface area contributed by atoms with Crippen LogP contribution in [0.15, 0.2) is 15.7 Å². The van der Waals surface area contributed by atoms with E-state index in [2.05, 4.69) is 27.5 Å². The fraction of sp³-hybridized carbons (Fsp3) is 0.640. The third-order valence-electron chi connectivity index (χ3n) is 6.97. The van der Waals surface area contributed by atoms with Crippen LogP contribution in [-0.4, -0.2) is 38.4 Å². The summed E-state index contributed by atoms with van der Waals surface area (Å²) < 4.78 is 1.44. The third-order valence-corrected chi connectivity index (χ3v) is 6.97. The van der Waals surface area contributed by atoms with Crippen LogP contribution in [-0.2, 0) is 11.3 Å². The maximum atomic E-state index is 13.7. The number of aromatic amines is 1. The predicted molar refractivity (Wildman–Crippen MR) is 130 cm³/mol. The maximum Gasteiger partial charge on any atom is 0.329 e. The first kappa shape index (κ1) is 24.2. The van der Waals surface area contributed by atoms with Crippen LogP contribution in [0.4, 0.5) is 0 Å². The molecule has 4 rings (SSSR count). The van der Waals surface area contributed by atoms with Crippen LogP contribution >= 0.6 is 0 Å². The van der Waals surface area contributed by atoms with Crippen molar-refractivity contribution in [1.29, 1.82) is 0 Å². The van der Waals surface area contributed by atoms with Crippen LogP contribution < -0.4 is 21.9 Å². The Morgan fingerprint density at radius 2 is 1.88 bits per heavy atom. The molecule has 0 radical (unpaired) electrons. The molecule has 184 valence electrons. The van der Waals surface area contributed by atoms with E-state index >= 15 is 0 Å². The zero-order valence-corrected chi connectivity index (χ0v) is 20.2. The third kappa shape index (κ3) is 4.79. The molecule has 0 unspecified atom stereocenters. The van der Waals surface area contributed by atoms with Gasteiger partial charge in [-0.05, 0) is 44.6 Å². The van der Waals surface area contributed by atoms with Gasteiger partial charge in [0.25, 0.3) is 11.5 Å². The monoisotopic (exact) mass is 469 g/mol. The minimum absolute atomic E-state index is 0.104. The van der Waals surface area contributed by atoms with Gasteiger partial charge in [0.05, 0.1) is 10.9 Å². The molecule has 0 saturated heterocycles. The highest BCUT2D eigenvalue weighted by Gasteiger charge is 2.41. The smallest absolute Gasteiger partial charge is 0.329 e. The molecule has 2 saturated carbocycles. The molecule has 9 nitrogen and oxygen atoms in total. The van der Waals surface area contributed by atoms with Gasteiger partial charge in [-0.15, -0.1) is 0 Å². The van der Waals surface area contributed by atoms with E-state index in [-0.39, 0.29) is 28.4 Å². The normalized spacial score (nSPS) is 17.5. The SMILES string of the molecule is CCCCNC(=O)C1(NC(=O)c2cc(C3CC3)nc3c2c(=O)[nH]c(=O)n3CCC)CCCCC1. The average molecular weight is 470 g/mol. The number of hydrogen-bond donors (Lipinski definition) is 3. The lowest BCUT2D eigenvalue weighted by Gasteiger charge is -2.36. The zero-order valence-electron chi connectivity index (χ0n) is 20.2. The van der Waals surface area contributed by atoms with E-state index in [0.717, 1.165) is 50.6 Å². The van der Waals surface area contributed by atoms with Crippen molar-refractivity contribution in [3.05, 3.63) is 38.2 Å². The molecule has 0 bridgehead atoms. The second kappa shape index (κ2) is 10.1. The Balaban J connectivity index is 1.78. The summed E-state index contributed by atoms with van der Waals surface area (Å²) in [5.74, 6) is -0.401. The van der Waals surface area contributed by atoms with Gasteiger partial charge in [-0.3, -0.25) is 23.9 Å². The van der Waals surface area contributed by atoms with Gasteiger partial charge in [0.15, 0.2) is 5.65 Å². The highest BCUT2D eigenvalue weighted by Crippen LogP contribution is 2.40. The van der Waals surface area contributed by atoms with Gasteiger partial charge < -0.3 is 10.6 Å². The quantitative estimate of drug-likeness (QED) is 0.487. The van der Waals surface area contributed by atoms with Crippen molar-refractivity contribution < 1.29 is 9.59 Å². The molecular weight excluding hydrogens is 434 g/mol. The van der Waals surface area contributed by atoms with Crippen molar-refractivity contribution in [2.75, 3.05) is 6.54 Å². The first-order valence-corrected chi connectivity index (χ1v) is 12.7. The second-order valence-corrected chi connectivity index (χ2v) is 9.68. The largest absolute Gasteiger partial charge is 0.354 e. The number of carbonyl (C=O) groups is 2. The average Bonchev–Trinajstić information content (AvgIpc) is 3.67. The number of nitrogens with zero attached hydrogens (tertiary/aromatic N) is 2. The van der Waals surface area contributed by atoms with Crippen LogP contribution in [0.2, 0.25) is 0 Å². The number of aromatic nitrogens is 3. The number of carbonyl (C=O) groups excluding carboxylic acids is 2. The Bertz CT molecular complexity index is 1190. The van der Waals surface area contributed by atoms with E-state index in [9.17, 15) is 19.2 Å². The number of fused-ring (bicyclic) bond motifs is 1. The first-order chi connectivity index (χ1) is 16.4. The predicted octanol–water partition coefficient (Wildman–Crippen LogP) is 2.72. The molecular formula is C25H35N5O4. The minimum Gasteiger partial charge on any atom is -0.354 e. The number of H-pyrrole nitrogens is 1. The van der Waals surface area contributed by atoms with E-state index < -0.39 is 22.7 Å². The number of pyridine rings is 1. The summed E-state index contributed by atoms with van der Waals surface area (Å²) >= 11 is 0. The van der Waals surface area contributed by atoms with Crippen LogP contribution in [0.3, 0.4) is 0 Å². The molecule has 0 spiro atoms. The fourth-order valence-electron chi connectivity index (χ4n) is 4.89.